The quantitative estimate of drug-likeness (QED) is 0.330. The monoisotopic (exact) mass is 544 g/mol. The predicted molar refractivity (Wildman–Crippen MR) is 149 cm³/mol. The first-order chi connectivity index (χ1) is 18.8. The van der Waals surface area contributed by atoms with Gasteiger partial charge in [0.15, 0.2) is 0 Å². The molecule has 0 spiro atoms. The molecule has 2 unspecified atom stereocenters. The van der Waals surface area contributed by atoms with Crippen molar-refractivity contribution in [1.29, 1.82) is 0 Å². The van der Waals surface area contributed by atoms with Crippen LogP contribution < -0.4 is 10.1 Å². The maximum absolute atomic E-state index is 13.8. The number of halogens is 1. The summed E-state index contributed by atoms with van der Waals surface area (Å²) in [6.07, 6.45) is 1.25. The minimum absolute atomic E-state index is 0.0815. The van der Waals surface area contributed by atoms with Gasteiger partial charge >= 0.3 is 6.09 Å². The van der Waals surface area contributed by atoms with E-state index in [0.717, 1.165) is 62.9 Å². The molecule has 2 N–H and O–H groups in total. The highest BCUT2D eigenvalue weighted by molar-refractivity contribution is 6.30. The van der Waals surface area contributed by atoms with Gasteiger partial charge in [0.2, 0.25) is 5.91 Å². The number of likely N-dealkylation sites (tertiary alicyclic amines) is 1. The number of H-pyrrole nitrogens is 1. The number of benzene rings is 3. The van der Waals surface area contributed by atoms with Crippen molar-refractivity contribution in [3.8, 4) is 16.9 Å². The second-order valence-corrected chi connectivity index (χ2v) is 11.6. The summed E-state index contributed by atoms with van der Waals surface area (Å²) in [7, 11) is 1.31. The van der Waals surface area contributed by atoms with E-state index in [1.807, 2.05) is 43.0 Å². The number of ether oxygens (including phenoxy) is 2. The number of carbonyl (C=O) groups is 2. The van der Waals surface area contributed by atoms with Gasteiger partial charge in [-0.1, -0.05) is 37.6 Å². The number of nitrogens with one attached hydrogen (secondary N) is 2. The maximum atomic E-state index is 13.8. The molecule has 1 aliphatic carbocycles. The van der Waals surface area contributed by atoms with Crippen LogP contribution in [0.15, 0.2) is 42.5 Å². The third kappa shape index (κ3) is 3.92. The number of imidazole rings is 1. The lowest BCUT2D eigenvalue weighted by molar-refractivity contribution is -0.136. The molecular formula is C30H29ClN4O4. The molecule has 1 saturated carbocycles. The molecule has 39 heavy (non-hydrogen) atoms. The van der Waals surface area contributed by atoms with E-state index < -0.39 is 12.1 Å². The Morgan fingerprint density at radius 2 is 2.00 bits per heavy atom. The molecule has 7 rings (SSSR count). The number of amides is 2. The van der Waals surface area contributed by atoms with Crippen LogP contribution in [0.25, 0.3) is 32.9 Å². The average Bonchev–Trinajstić information content (AvgIpc) is 3.37. The van der Waals surface area contributed by atoms with Gasteiger partial charge in [-0.25, -0.2) is 9.78 Å². The minimum atomic E-state index is -0.661. The smallest absolute Gasteiger partial charge is 0.407 e. The summed E-state index contributed by atoms with van der Waals surface area (Å²) >= 11 is 6.21. The molecule has 2 aliphatic heterocycles. The fraction of sp³-hybridized carbons (Fsp3) is 0.367. The van der Waals surface area contributed by atoms with Crippen LogP contribution in [-0.2, 0) is 16.1 Å². The topological polar surface area (TPSA) is 96.5 Å². The highest BCUT2D eigenvalue weighted by Crippen LogP contribution is 2.53. The number of alkyl carbamates (subject to hydrolysis) is 1. The molecule has 2 amide bonds. The highest BCUT2D eigenvalue weighted by atomic mass is 35.5. The van der Waals surface area contributed by atoms with Crippen LogP contribution in [0.2, 0.25) is 5.02 Å². The van der Waals surface area contributed by atoms with Gasteiger partial charge in [0.05, 0.1) is 24.2 Å². The Morgan fingerprint density at radius 1 is 1.15 bits per heavy atom. The minimum Gasteiger partial charge on any atom is -0.488 e. The van der Waals surface area contributed by atoms with E-state index in [9.17, 15) is 9.59 Å². The molecule has 4 aromatic rings. The van der Waals surface area contributed by atoms with Crippen molar-refractivity contribution in [2.75, 3.05) is 7.11 Å². The van der Waals surface area contributed by atoms with E-state index in [1.54, 1.807) is 0 Å². The standard InChI is InChI=1S/C30H29ClN4O4/c1-14(2)26(34-30(37)38-3)29(36)35-23-10-16(23)11-24(35)28-32-22-7-4-15-9-21-19-6-5-18(31)8-17(19)13-39-25(21)12-20(15)27(22)33-28/h4-9,12,14,16,23-24,26H,10-11,13H2,1-3H3,(H,32,33)(H,34,37)/t16?,23-,24?,26+/m1/s1. The van der Waals surface area contributed by atoms with E-state index in [1.165, 1.54) is 7.11 Å². The number of rotatable bonds is 4. The number of hydrogen-bond donors (Lipinski definition) is 2. The first kappa shape index (κ1) is 24.3. The van der Waals surface area contributed by atoms with E-state index in [0.29, 0.717) is 17.5 Å². The normalized spacial score (nSPS) is 21.8. The second kappa shape index (κ2) is 8.88. The molecule has 8 nitrogen and oxygen atoms in total. The molecule has 3 aliphatic rings. The Labute approximate surface area is 230 Å². The highest BCUT2D eigenvalue weighted by Gasteiger charge is 2.56. The second-order valence-electron chi connectivity index (χ2n) is 11.2. The summed E-state index contributed by atoms with van der Waals surface area (Å²) < 4.78 is 10.9. The van der Waals surface area contributed by atoms with Crippen molar-refractivity contribution in [1.82, 2.24) is 20.2 Å². The van der Waals surface area contributed by atoms with Gasteiger partial charge in [-0.15, -0.1) is 0 Å². The van der Waals surface area contributed by atoms with Crippen molar-refractivity contribution in [2.24, 2.45) is 11.8 Å². The first-order valence-electron chi connectivity index (χ1n) is 13.4. The Hall–Kier alpha value is -3.78. The summed E-state index contributed by atoms with van der Waals surface area (Å²) in [4.78, 5) is 36.2. The first-order valence-corrected chi connectivity index (χ1v) is 13.7. The summed E-state index contributed by atoms with van der Waals surface area (Å²) in [5.74, 6) is 1.90. The molecule has 1 saturated heterocycles. The van der Waals surface area contributed by atoms with Crippen molar-refractivity contribution in [3.63, 3.8) is 0 Å². The van der Waals surface area contributed by atoms with Gasteiger partial charge in [-0.2, -0.15) is 0 Å². The number of aromatic nitrogens is 2. The maximum Gasteiger partial charge on any atom is 0.407 e. The van der Waals surface area contributed by atoms with Gasteiger partial charge in [0, 0.05) is 22.0 Å². The Balaban J connectivity index is 1.26. The largest absolute Gasteiger partial charge is 0.488 e. The number of fused-ring (bicyclic) bond motifs is 7. The van der Waals surface area contributed by atoms with Gasteiger partial charge in [0.25, 0.3) is 0 Å². The number of methoxy groups -OCH3 is 1. The van der Waals surface area contributed by atoms with Crippen LogP contribution in [0.4, 0.5) is 4.79 Å². The number of hydrogen-bond acceptors (Lipinski definition) is 5. The van der Waals surface area contributed by atoms with Crippen LogP contribution in [0.5, 0.6) is 5.75 Å². The lowest BCUT2D eigenvalue weighted by Crippen LogP contribution is -2.52. The van der Waals surface area contributed by atoms with Crippen LogP contribution in [-0.4, -0.2) is 46.1 Å². The number of nitrogens with zero attached hydrogens (tertiary/aromatic N) is 2. The fourth-order valence-corrected chi connectivity index (χ4v) is 6.51. The molecule has 3 heterocycles. The zero-order valence-corrected chi connectivity index (χ0v) is 22.7. The molecule has 0 radical (unpaired) electrons. The van der Waals surface area contributed by atoms with Gasteiger partial charge in [0.1, 0.15) is 24.2 Å². The van der Waals surface area contributed by atoms with Crippen molar-refractivity contribution in [2.45, 2.75) is 51.4 Å². The summed E-state index contributed by atoms with van der Waals surface area (Å²) in [6, 6.07) is 13.6. The fourth-order valence-electron chi connectivity index (χ4n) is 6.32. The predicted octanol–water partition coefficient (Wildman–Crippen LogP) is 5.97. The zero-order chi connectivity index (χ0) is 27.0. The summed E-state index contributed by atoms with van der Waals surface area (Å²) in [6.45, 7) is 4.32. The third-order valence-corrected chi connectivity index (χ3v) is 8.63. The average molecular weight is 545 g/mol. The van der Waals surface area contributed by atoms with Crippen molar-refractivity contribution in [3.05, 3.63) is 58.9 Å². The number of piperidine rings is 1. The molecule has 2 fully saturated rings. The number of carbonyl (C=O) groups excluding carboxylic acids is 2. The molecule has 9 heteroatoms. The molecule has 200 valence electrons. The lowest BCUT2D eigenvalue weighted by atomic mass is 9.94. The van der Waals surface area contributed by atoms with E-state index >= 15 is 0 Å². The zero-order valence-electron chi connectivity index (χ0n) is 22.0. The van der Waals surface area contributed by atoms with Crippen molar-refractivity contribution >= 4 is 45.4 Å². The molecule has 0 bridgehead atoms. The van der Waals surface area contributed by atoms with Crippen LogP contribution in [0.1, 0.15) is 44.1 Å². The van der Waals surface area contributed by atoms with Crippen LogP contribution in [0, 0.1) is 11.8 Å². The van der Waals surface area contributed by atoms with Crippen LogP contribution >= 0.6 is 11.6 Å². The SMILES string of the molecule is COC(=O)N[C@H](C(=O)N1C(c2nc3ccc4cc5c(cc4c3[nH]2)OCc2cc(Cl)ccc2-5)CC2C[C@H]21)C(C)C. The Bertz CT molecular complexity index is 1660. The van der Waals surface area contributed by atoms with E-state index in [-0.39, 0.29) is 23.9 Å². The molecular weight excluding hydrogens is 516 g/mol. The summed E-state index contributed by atoms with van der Waals surface area (Å²) in [5.41, 5.74) is 5.03. The van der Waals surface area contributed by atoms with Crippen molar-refractivity contribution < 1.29 is 19.1 Å². The number of aromatic amines is 1. The third-order valence-electron chi connectivity index (χ3n) is 8.40. The molecule has 3 aromatic carbocycles. The van der Waals surface area contributed by atoms with Gasteiger partial charge in [-0.3, -0.25) is 4.79 Å². The Morgan fingerprint density at radius 3 is 2.79 bits per heavy atom. The van der Waals surface area contributed by atoms with Crippen LogP contribution in [0.3, 0.4) is 0 Å². The van der Waals surface area contributed by atoms with Gasteiger partial charge < -0.3 is 24.7 Å². The molecule has 4 atom stereocenters. The van der Waals surface area contributed by atoms with E-state index in [4.69, 9.17) is 26.1 Å². The van der Waals surface area contributed by atoms with Gasteiger partial charge in [-0.05, 0) is 71.5 Å². The lowest BCUT2D eigenvalue weighted by Gasteiger charge is -2.31. The molecule has 1 aromatic heterocycles. The summed E-state index contributed by atoms with van der Waals surface area (Å²) in [5, 5.41) is 5.54. The van der Waals surface area contributed by atoms with E-state index in [2.05, 4.69) is 28.5 Å². The Kier molecular flexibility index (Phi) is 5.53.